The van der Waals surface area contributed by atoms with Crippen molar-refractivity contribution >= 4 is 18.0 Å². The highest BCUT2D eigenvalue weighted by Crippen LogP contribution is 2.44. The highest BCUT2D eigenvalue weighted by molar-refractivity contribution is 5.99. The lowest BCUT2D eigenvalue weighted by atomic mass is 9.98. The molecule has 2 aromatic carbocycles. The quantitative estimate of drug-likeness (QED) is 0.697. The molecule has 7 heteroatoms. The number of rotatable bonds is 6. The summed E-state index contributed by atoms with van der Waals surface area (Å²) < 4.78 is 10.6. The molecule has 0 saturated carbocycles. The van der Waals surface area contributed by atoms with Crippen LogP contribution in [0.2, 0.25) is 0 Å². The van der Waals surface area contributed by atoms with Crippen LogP contribution < -0.4 is 5.73 Å². The van der Waals surface area contributed by atoms with Crippen molar-refractivity contribution in [2.45, 2.75) is 44.7 Å². The average molecular weight is 437 g/mol. The fourth-order valence-corrected chi connectivity index (χ4v) is 4.54. The number of esters is 1. The molecule has 1 heterocycles. The Morgan fingerprint density at radius 2 is 1.69 bits per heavy atom. The van der Waals surface area contributed by atoms with Gasteiger partial charge < -0.3 is 15.2 Å². The molecule has 4 rings (SSSR count). The van der Waals surface area contributed by atoms with E-state index in [9.17, 15) is 14.4 Å². The molecule has 2 atom stereocenters. The third kappa shape index (κ3) is 4.12. The number of benzene rings is 2. The number of hydrogen-bond acceptors (Lipinski definition) is 6. The van der Waals surface area contributed by atoms with Crippen LogP contribution in [-0.2, 0) is 19.1 Å². The Morgan fingerprint density at radius 1 is 1.09 bits per heavy atom. The van der Waals surface area contributed by atoms with Crippen molar-refractivity contribution in [2.24, 2.45) is 11.7 Å². The molecule has 1 aliphatic heterocycles. The van der Waals surface area contributed by atoms with E-state index in [0.29, 0.717) is 6.42 Å². The van der Waals surface area contributed by atoms with E-state index in [4.69, 9.17) is 15.2 Å². The molecule has 0 bridgehead atoms. The molecule has 2 aromatic rings. The number of carbonyl (C=O) groups excluding carboxylic acids is 3. The fraction of sp³-hybridized carbons (Fsp3) is 0.400. The van der Waals surface area contributed by atoms with Gasteiger partial charge in [0.2, 0.25) is 5.91 Å². The Morgan fingerprint density at radius 3 is 2.22 bits per heavy atom. The molecule has 32 heavy (non-hydrogen) atoms. The van der Waals surface area contributed by atoms with Gasteiger partial charge in [-0.2, -0.15) is 0 Å². The molecular formula is C25H28N2O5. The summed E-state index contributed by atoms with van der Waals surface area (Å²) in [6.45, 7) is 4.09. The van der Waals surface area contributed by atoms with Gasteiger partial charge in [0.15, 0.2) is 0 Å². The van der Waals surface area contributed by atoms with Crippen molar-refractivity contribution in [2.75, 3.05) is 13.2 Å². The predicted molar refractivity (Wildman–Crippen MR) is 119 cm³/mol. The van der Waals surface area contributed by atoms with Gasteiger partial charge in [0.05, 0.1) is 12.6 Å². The predicted octanol–water partition coefficient (Wildman–Crippen LogP) is 3.45. The molecule has 0 unspecified atom stereocenters. The number of nitrogens with two attached hydrogens (primary N) is 1. The third-order valence-electron chi connectivity index (χ3n) is 6.03. The maximum Gasteiger partial charge on any atom is 0.417 e. The summed E-state index contributed by atoms with van der Waals surface area (Å²) >= 11 is 0. The van der Waals surface area contributed by atoms with Gasteiger partial charge in [-0.1, -0.05) is 62.4 Å². The number of cyclic esters (lactones) is 1. The first-order valence-corrected chi connectivity index (χ1v) is 11.0. The zero-order chi connectivity index (χ0) is 22.8. The molecule has 1 saturated heterocycles. The van der Waals surface area contributed by atoms with Gasteiger partial charge >= 0.3 is 12.1 Å². The van der Waals surface area contributed by atoms with Gasteiger partial charge in [0.25, 0.3) is 0 Å². The summed E-state index contributed by atoms with van der Waals surface area (Å²) in [5.41, 5.74) is 10.4. The average Bonchev–Trinajstić information content (AvgIpc) is 3.33. The van der Waals surface area contributed by atoms with E-state index < -0.39 is 30.1 Å². The first-order valence-electron chi connectivity index (χ1n) is 11.0. The highest BCUT2D eigenvalue weighted by Gasteiger charge is 2.42. The van der Waals surface area contributed by atoms with Gasteiger partial charge in [0.1, 0.15) is 12.6 Å². The SMILES string of the molecule is CC(C)C[C@H](N)C(=O)N(C(=O)OCC1c2ccccc2-c2ccccc21)[C@H]1CCOC1=O. The molecule has 2 amide bonds. The van der Waals surface area contributed by atoms with E-state index in [2.05, 4.69) is 0 Å². The summed E-state index contributed by atoms with van der Waals surface area (Å²) in [4.78, 5) is 39.2. The van der Waals surface area contributed by atoms with Crippen LogP contribution in [0.25, 0.3) is 11.1 Å². The second-order valence-electron chi connectivity index (χ2n) is 8.72. The lowest BCUT2D eigenvalue weighted by molar-refractivity contribution is -0.147. The van der Waals surface area contributed by atoms with E-state index in [-0.39, 0.29) is 31.5 Å². The van der Waals surface area contributed by atoms with Crippen molar-refractivity contribution in [3.63, 3.8) is 0 Å². The van der Waals surface area contributed by atoms with Crippen LogP contribution in [0.3, 0.4) is 0 Å². The van der Waals surface area contributed by atoms with E-state index in [1.165, 1.54) is 0 Å². The molecule has 0 radical (unpaired) electrons. The van der Waals surface area contributed by atoms with Gasteiger partial charge in [0, 0.05) is 12.3 Å². The van der Waals surface area contributed by atoms with Crippen molar-refractivity contribution in [3.8, 4) is 11.1 Å². The zero-order valence-electron chi connectivity index (χ0n) is 18.3. The number of carbonyl (C=O) groups is 3. The number of amides is 2. The first kappa shape index (κ1) is 22.0. The van der Waals surface area contributed by atoms with E-state index >= 15 is 0 Å². The van der Waals surface area contributed by atoms with Crippen molar-refractivity contribution < 1.29 is 23.9 Å². The molecule has 1 aliphatic carbocycles. The van der Waals surface area contributed by atoms with Crippen LogP contribution in [0, 0.1) is 5.92 Å². The number of fused-ring (bicyclic) bond motifs is 3. The van der Waals surface area contributed by atoms with E-state index in [0.717, 1.165) is 27.2 Å². The Bertz CT molecular complexity index is 989. The molecule has 2 N–H and O–H groups in total. The summed E-state index contributed by atoms with van der Waals surface area (Å²) in [7, 11) is 0. The summed E-state index contributed by atoms with van der Waals surface area (Å²) in [5.74, 6) is -1.21. The van der Waals surface area contributed by atoms with Crippen molar-refractivity contribution in [1.82, 2.24) is 4.90 Å². The monoisotopic (exact) mass is 436 g/mol. The number of nitrogens with zero attached hydrogens (tertiary/aromatic N) is 1. The minimum absolute atomic E-state index is 0.0534. The van der Waals surface area contributed by atoms with Gasteiger partial charge in [-0.25, -0.2) is 14.5 Å². The van der Waals surface area contributed by atoms with Gasteiger partial charge in [-0.15, -0.1) is 0 Å². The van der Waals surface area contributed by atoms with Gasteiger partial charge in [-0.05, 0) is 34.6 Å². The highest BCUT2D eigenvalue weighted by atomic mass is 16.6. The fourth-order valence-electron chi connectivity index (χ4n) is 4.54. The lowest BCUT2D eigenvalue weighted by Gasteiger charge is -2.27. The minimum Gasteiger partial charge on any atom is -0.464 e. The standard InChI is InChI=1S/C25H28N2O5/c1-15(2)13-21(26)23(28)27(22-11-12-31-24(22)29)25(30)32-14-20-18-9-5-3-7-16(18)17-8-4-6-10-19(17)20/h3-10,15,20-22H,11-14,26H2,1-2H3/t21-,22-/m0/s1. The third-order valence-corrected chi connectivity index (χ3v) is 6.03. The topological polar surface area (TPSA) is 98.9 Å². The molecule has 2 aliphatic rings. The Labute approximate surface area is 187 Å². The maximum atomic E-state index is 13.1. The second kappa shape index (κ2) is 9.12. The van der Waals surface area contributed by atoms with Crippen LogP contribution in [0.1, 0.15) is 43.7 Å². The smallest absolute Gasteiger partial charge is 0.417 e. The molecule has 0 spiro atoms. The van der Waals surface area contributed by atoms with E-state index in [1.807, 2.05) is 62.4 Å². The van der Waals surface area contributed by atoms with Crippen LogP contribution in [-0.4, -0.2) is 48.2 Å². The van der Waals surface area contributed by atoms with Gasteiger partial charge in [-0.3, -0.25) is 4.79 Å². The van der Waals surface area contributed by atoms with Crippen LogP contribution in [0.5, 0.6) is 0 Å². The van der Waals surface area contributed by atoms with Crippen molar-refractivity contribution in [3.05, 3.63) is 59.7 Å². The first-order chi connectivity index (χ1) is 15.4. The van der Waals surface area contributed by atoms with Crippen LogP contribution >= 0.6 is 0 Å². The number of imide groups is 1. The summed E-state index contributed by atoms with van der Waals surface area (Å²) in [6.07, 6.45) is -0.225. The number of ether oxygens (including phenoxy) is 2. The zero-order valence-corrected chi connectivity index (χ0v) is 18.3. The normalized spacial score (nSPS) is 18.1. The number of hydrogen-bond donors (Lipinski definition) is 1. The Balaban J connectivity index is 1.55. The Hall–Kier alpha value is -3.19. The second-order valence-corrected chi connectivity index (χ2v) is 8.72. The molecule has 168 valence electrons. The van der Waals surface area contributed by atoms with Crippen LogP contribution in [0.15, 0.2) is 48.5 Å². The summed E-state index contributed by atoms with van der Waals surface area (Å²) in [5, 5.41) is 0. The maximum absolute atomic E-state index is 13.1. The minimum atomic E-state index is -1.00. The van der Waals surface area contributed by atoms with E-state index in [1.54, 1.807) is 0 Å². The summed E-state index contributed by atoms with van der Waals surface area (Å²) in [6, 6.07) is 14.1. The molecule has 0 aromatic heterocycles. The largest absolute Gasteiger partial charge is 0.464 e. The van der Waals surface area contributed by atoms with Crippen molar-refractivity contribution in [1.29, 1.82) is 0 Å². The molecular weight excluding hydrogens is 408 g/mol. The molecule has 7 nitrogen and oxygen atoms in total. The van der Waals surface area contributed by atoms with Crippen LogP contribution in [0.4, 0.5) is 4.79 Å². The lowest BCUT2D eigenvalue weighted by Crippen LogP contribution is -2.53. The Kier molecular flexibility index (Phi) is 6.28. The molecule has 1 fully saturated rings.